The lowest BCUT2D eigenvalue weighted by atomic mass is 10.2. The Morgan fingerprint density at radius 2 is 1.70 bits per heavy atom. The van der Waals surface area contributed by atoms with E-state index in [0.29, 0.717) is 11.0 Å². The Kier molecular flexibility index (Phi) is 10.6. The molecule has 1 unspecified atom stereocenters. The van der Waals surface area contributed by atoms with Crippen LogP contribution in [0.15, 0.2) is 16.6 Å². The van der Waals surface area contributed by atoms with Gasteiger partial charge in [-0.25, -0.2) is 8.78 Å². The molecule has 1 saturated heterocycles. The van der Waals surface area contributed by atoms with Gasteiger partial charge in [-0.05, 0) is 19.2 Å². The number of benzene rings is 1. The number of hydrogen-bond acceptors (Lipinski definition) is 4. The fourth-order valence-corrected chi connectivity index (χ4v) is 2.63. The van der Waals surface area contributed by atoms with Crippen molar-refractivity contribution < 1.29 is 18.6 Å². The molecule has 2 rings (SSSR count). The second-order valence-corrected chi connectivity index (χ2v) is 6.18. The summed E-state index contributed by atoms with van der Waals surface area (Å²) in [6.45, 7) is 3.94. The molecule has 0 spiro atoms. The lowest BCUT2D eigenvalue weighted by Gasteiger charge is -2.33. The molecule has 0 aromatic heterocycles. The number of rotatable bonds is 5. The molecule has 0 bridgehead atoms. The molecule has 1 atom stereocenters. The van der Waals surface area contributed by atoms with Crippen molar-refractivity contribution in [3.05, 3.63) is 28.2 Å². The number of ether oxygens (including phenoxy) is 1. The highest BCUT2D eigenvalue weighted by atomic mass is 79.9. The van der Waals surface area contributed by atoms with E-state index in [2.05, 4.69) is 32.8 Å². The molecular formula is C14H21BrCl2F2N2O2. The standard InChI is InChI=1S/C14H19BrF2N2O2.2ClH/c1-18-2-4-19(5-3-18)8-11(20)9-21-14-12(16)6-10(15)7-13(14)17;;/h6-7,11,20H,2-5,8-9H2,1H3;2*1H. The molecule has 1 fully saturated rings. The molecule has 1 aromatic rings. The maximum Gasteiger partial charge on any atom is 0.190 e. The Morgan fingerprint density at radius 1 is 1.17 bits per heavy atom. The number of halogens is 5. The van der Waals surface area contributed by atoms with E-state index in [-0.39, 0.29) is 31.4 Å². The second-order valence-electron chi connectivity index (χ2n) is 5.27. The van der Waals surface area contributed by atoms with Gasteiger partial charge >= 0.3 is 0 Å². The summed E-state index contributed by atoms with van der Waals surface area (Å²) in [4.78, 5) is 4.33. The molecule has 23 heavy (non-hydrogen) atoms. The quantitative estimate of drug-likeness (QED) is 0.767. The Labute approximate surface area is 155 Å². The average Bonchev–Trinajstić information content (AvgIpc) is 2.40. The zero-order chi connectivity index (χ0) is 15.4. The maximum absolute atomic E-state index is 13.6. The molecule has 1 N–H and O–H groups in total. The Hall–Kier alpha value is -0.180. The smallest absolute Gasteiger partial charge is 0.190 e. The first-order valence-corrected chi connectivity index (χ1v) is 7.61. The van der Waals surface area contributed by atoms with Gasteiger partial charge in [0.05, 0.1) is 0 Å². The number of hydrogen-bond donors (Lipinski definition) is 1. The van der Waals surface area contributed by atoms with Crippen molar-refractivity contribution in [1.29, 1.82) is 0 Å². The topological polar surface area (TPSA) is 35.9 Å². The van der Waals surface area contributed by atoms with E-state index < -0.39 is 23.5 Å². The fourth-order valence-electron chi connectivity index (χ4n) is 2.23. The molecule has 0 radical (unpaired) electrons. The lowest BCUT2D eigenvalue weighted by Crippen LogP contribution is -2.47. The van der Waals surface area contributed by atoms with E-state index in [1.165, 1.54) is 0 Å². The van der Waals surface area contributed by atoms with Gasteiger partial charge in [-0.3, -0.25) is 4.90 Å². The van der Waals surface area contributed by atoms with E-state index in [1.54, 1.807) is 0 Å². The summed E-state index contributed by atoms with van der Waals surface area (Å²) in [7, 11) is 2.05. The molecular weight excluding hydrogens is 417 g/mol. The first-order chi connectivity index (χ1) is 9.95. The average molecular weight is 438 g/mol. The molecule has 9 heteroatoms. The molecule has 4 nitrogen and oxygen atoms in total. The maximum atomic E-state index is 13.6. The van der Waals surface area contributed by atoms with E-state index in [9.17, 15) is 13.9 Å². The van der Waals surface area contributed by atoms with Crippen LogP contribution in [-0.4, -0.2) is 67.4 Å². The van der Waals surface area contributed by atoms with Gasteiger partial charge in [0.15, 0.2) is 17.4 Å². The van der Waals surface area contributed by atoms with E-state index in [0.717, 1.165) is 38.3 Å². The second kappa shape index (κ2) is 10.6. The van der Waals surface area contributed by atoms with Gasteiger partial charge in [-0.1, -0.05) is 15.9 Å². The zero-order valence-corrected chi connectivity index (χ0v) is 15.9. The van der Waals surface area contributed by atoms with Crippen LogP contribution in [0, 0.1) is 11.6 Å². The number of nitrogens with zero attached hydrogens (tertiary/aromatic N) is 2. The third kappa shape index (κ3) is 7.07. The SMILES string of the molecule is CN1CCN(CC(O)COc2c(F)cc(Br)cc2F)CC1.Cl.Cl. The Bertz CT molecular complexity index is 469. The van der Waals surface area contributed by atoms with E-state index in [4.69, 9.17) is 4.74 Å². The number of aliphatic hydroxyl groups excluding tert-OH is 1. The summed E-state index contributed by atoms with van der Waals surface area (Å²) in [5, 5.41) is 9.93. The Balaban J connectivity index is 0.00000242. The predicted octanol–water partition coefficient (Wildman–Crippen LogP) is 2.56. The largest absolute Gasteiger partial charge is 0.485 e. The van der Waals surface area contributed by atoms with Crippen LogP contribution in [0.5, 0.6) is 5.75 Å². The minimum absolute atomic E-state index is 0. The molecule has 0 saturated carbocycles. The summed E-state index contributed by atoms with van der Waals surface area (Å²) in [6.07, 6.45) is -0.782. The summed E-state index contributed by atoms with van der Waals surface area (Å²) >= 11 is 3.00. The van der Waals surface area contributed by atoms with E-state index in [1.807, 2.05) is 0 Å². The lowest BCUT2D eigenvalue weighted by molar-refractivity contribution is 0.0483. The normalized spacial score (nSPS) is 17.1. The van der Waals surface area contributed by atoms with Gasteiger partial charge < -0.3 is 14.7 Å². The Morgan fingerprint density at radius 3 is 2.22 bits per heavy atom. The van der Waals surface area contributed by atoms with Gasteiger partial charge in [-0.15, -0.1) is 24.8 Å². The predicted molar refractivity (Wildman–Crippen MR) is 94.0 cm³/mol. The third-order valence-electron chi connectivity index (χ3n) is 3.45. The van der Waals surface area contributed by atoms with E-state index >= 15 is 0 Å². The monoisotopic (exact) mass is 436 g/mol. The molecule has 1 aliphatic rings. The van der Waals surface area contributed by atoms with Crippen LogP contribution in [0.25, 0.3) is 0 Å². The first kappa shape index (κ1) is 22.8. The highest BCUT2D eigenvalue weighted by Crippen LogP contribution is 2.25. The van der Waals surface area contributed by atoms with Crippen LogP contribution < -0.4 is 4.74 Å². The zero-order valence-electron chi connectivity index (χ0n) is 12.7. The minimum Gasteiger partial charge on any atom is -0.485 e. The first-order valence-electron chi connectivity index (χ1n) is 6.82. The van der Waals surface area contributed by atoms with Crippen molar-refractivity contribution in [2.45, 2.75) is 6.10 Å². The van der Waals surface area contributed by atoms with Crippen LogP contribution in [0.4, 0.5) is 8.78 Å². The van der Waals surface area contributed by atoms with Gasteiger partial charge in [0, 0.05) is 37.2 Å². The van der Waals surface area contributed by atoms with Crippen molar-refractivity contribution >= 4 is 40.7 Å². The van der Waals surface area contributed by atoms with Gasteiger partial charge in [0.25, 0.3) is 0 Å². The van der Waals surface area contributed by atoms with Crippen LogP contribution >= 0.6 is 40.7 Å². The molecule has 1 aromatic carbocycles. The molecule has 0 amide bonds. The van der Waals surface area contributed by atoms with Crippen molar-refractivity contribution in [2.75, 3.05) is 46.4 Å². The third-order valence-corrected chi connectivity index (χ3v) is 3.91. The highest BCUT2D eigenvalue weighted by molar-refractivity contribution is 9.10. The van der Waals surface area contributed by atoms with Crippen LogP contribution in [0.1, 0.15) is 0 Å². The number of aliphatic hydroxyl groups is 1. The van der Waals surface area contributed by atoms with Crippen molar-refractivity contribution in [3.63, 3.8) is 0 Å². The van der Waals surface area contributed by atoms with Crippen molar-refractivity contribution in [1.82, 2.24) is 9.80 Å². The number of β-amino-alcohol motifs (C(OH)–C–C–N with tert-alkyl or cyclic N) is 1. The molecule has 1 heterocycles. The summed E-state index contributed by atoms with van der Waals surface area (Å²) < 4.78 is 32.5. The van der Waals surface area contributed by atoms with Gasteiger partial charge in [0.2, 0.25) is 0 Å². The number of likely N-dealkylation sites (N-methyl/N-ethyl adjacent to an activating group) is 1. The summed E-state index contributed by atoms with van der Waals surface area (Å²) in [6, 6.07) is 2.26. The van der Waals surface area contributed by atoms with Gasteiger partial charge in [0.1, 0.15) is 12.7 Å². The van der Waals surface area contributed by atoms with Crippen molar-refractivity contribution in [2.24, 2.45) is 0 Å². The molecule has 0 aliphatic carbocycles. The van der Waals surface area contributed by atoms with Crippen LogP contribution in [0.3, 0.4) is 0 Å². The summed E-state index contributed by atoms with van der Waals surface area (Å²) in [5.74, 6) is -2.02. The highest BCUT2D eigenvalue weighted by Gasteiger charge is 2.19. The molecule has 1 aliphatic heterocycles. The fraction of sp³-hybridized carbons (Fsp3) is 0.571. The van der Waals surface area contributed by atoms with Crippen molar-refractivity contribution in [3.8, 4) is 5.75 Å². The minimum atomic E-state index is -0.784. The number of piperazine rings is 1. The van der Waals surface area contributed by atoms with Crippen LogP contribution in [0.2, 0.25) is 0 Å². The summed E-state index contributed by atoms with van der Waals surface area (Å²) in [5.41, 5.74) is 0. The van der Waals surface area contributed by atoms with Gasteiger partial charge in [-0.2, -0.15) is 0 Å². The molecule has 134 valence electrons. The van der Waals surface area contributed by atoms with Crippen LogP contribution in [-0.2, 0) is 0 Å².